The molecule has 0 saturated carbocycles. The van der Waals surface area contributed by atoms with Crippen LogP contribution in [0.1, 0.15) is 33.4 Å². The van der Waals surface area contributed by atoms with Gasteiger partial charge in [0.2, 0.25) is 2.82 Å². The molecule has 0 amide bonds. The highest BCUT2D eigenvalue weighted by atomic mass is 32.2. The lowest BCUT2D eigenvalue weighted by Gasteiger charge is -2.40. The van der Waals surface area contributed by atoms with Crippen LogP contribution in [0.5, 0.6) is 0 Å². The van der Waals surface area contributed by atoms with Gasteiger partial charge in [-0.25, -0.2) is 11.0 Å². The quantitative estimate of drug-likeness (QED) is 0.116. The number of nitrogens with zero attached hydrogens (tertiary/aromatic N) is 2. The van der Waals surface area contributed by atoms with Crippen molar-refractivity contribution in [2.75, 3.05) is 0 Å². The van der Waals surface area contributed by atoms with Crippen LogP contribution in [0, 0.1) is 11.0 Å². The molecule has 0 heterocycles. The van der Waals surface area contributed by atoms with Crippen LogP contribution < -0.4 is 11.5 Å². The Morgan fingerprint density at radius 2 is 0.957 bits per heavy atom. The molecule has 0 aromatic heterocycles. The molecule has 6 rings (SSSR count). The Balaban J connectivity index is 1.46. The third kappa shape index (κ3) is 4.34. The molecular formula is C32H28N6O6S2. The van der Waals surface area contributed by atoms with Crippen LogP contribution >= 0.6 is 0 Å². The van der Waals surface area contributed by atoms with Crippen molar-refractivity contribution in [3.8, 4) is 11.1 Å². The van der Waals surface area contributed by atoms with E-state index in [9.17, 15) is 25.9 Å². The maximum Gasteiger partial charge on any atom is 0.281 e. The van der Waals surface area contributed by atoms with Gasteiger partial charge in [-0.15, -0.1) is 0 Å². The van der Waals surface area contributed by atoms with Crippen LogP contribution in [-0.2, 0) is 29.7 Å². The van der Waals surface area contributed by atoms with Crippen LogP contribution in [0.3, 0.4) is 0 Å². The molecule has 234 valence electrons. The van der Waals surface area contributed by atoms with E-state index in [1.165, 1.54) is 36.4 Å². The maximum absolute atomic E-state index is 13.3. The summed E-state index contributed by atoms with van der Waals surface area (Å²) in [4.78, 5) is 0. The van der Waals surface area contributed by atoms with Crippen molar-refractivity contribution in [2.45, 2.75) is 21.6 Å². The Morgan fingerprint density at radius 1 is 0.609 bits per heavy atom. The van der Waals surface area contributed by atoms with E-state index in [2.05, 4.69) is 21.3 Å². The largest absolute Gasteiger partial charge is 0.321 e. The summed E-state index contributed by atoms with van der Waals surface area (Å²) >= 11 is 0. The van der Waals surface area contributed by atoms with Gasteiger partial charge >= 0.3 is 0 Å². The molecule has 8 N–H and O–H groups in total. The van der Waals surface area contributed by atoms with Gasteiger partial charge in [-0.2, -0.15) is 27.1 Å². The number of benzene rings is 4. The number of rotatable bonds is 7. The van der Waals surface area contributed by atoms with Gasteiger partial charge in [0.1, 0.15) is 0 Å². The number of hydrogen-bond donors (Lipinski definition) is 6. The molecule has 46 heavy (non-hydrogen) atoms. The molecule has 14 heteroatoms. The lowest BCUT2D eigenvalue weighted by Crippen LogP contribution is -2.54. The van der Waals surface area contributed by atoms with Gasteiger partial charge < -0.3 is 11.5 Å². The monoisotopic (exact) mass is 656 g/mol. The molecule has 2 aliphatic rings. The van der Waals surface area contributed by atoms with Gasteiger partial charge in [0.25, 0.3) is 20.2 Å². The fourth-order valence-corrected chi connectivity index (χ4v) is 9.42. The molecule has 0 bridgehead atoms. The summed E-state index contributed by atoms with van der Waals surface area (Å²) < 4.78 is 84.7. The molecule has 12 nitrogen and oxygen atoms in total. The first kappa shape index (κ1) is 28.8. The molecule has 4 aromatic carbocycles. The highest BCUT2D eigenvalue weighted by molar-refractivity contribution is 7.87. The molecule has 0 fully saturated rings. The average molecular weight is 657 g/mol. The Hall–Kier alpha value is -4.70. The zero-order chi connectivity index (χ0) is 34.5. The molecule has 4 atom stereocenters. The van der Waals surface area contributed by atoms with Gasteiger partial charge in [-0.1, -0.05) is 97.1 Å². The van der Waals surface area contributed by atoms with Crippen molar-refractivity contribution < 1.29 is 28.8 Å². The van der Waals surface area contributed by atoms with E-state index in [0.717, 1.165) is 0 Å². The summed E-state index contributed by atoms with van der Waals surface area (Å²) in [6.45, 7) is 0. The molecule has 0 aliphatic heterocycles. The van der Waals surface area contributed by atoms with E-state index < -0.39 is 41.8 Å². The first-order valence-corrected chi connectivity index (χ1v) is 16.7. The van der Waals surface area contributed by atoms with Crippen molar-refractivity contribution in [3.05, 3.63) is 142 Å². The minimum Gasteiger partial charge on any atom is -0.321 e. The zero-order valence-corrected chi connectivity index (χ0v) is 25.5. The summed E-state index contributed by atoms with van der Waals surface area (Å²) in [6, 6.07) is 22.6. The van der Waals surface area contributed by atoms with Gasteiger partial charge in [0, 0.05) is 0 Å². The molecule has 0 saturated heterocycles. The topological polar surface area (TPSA) is 233 Å². The van der Waals surface area contributed by atoms with E-state index in [-0.39, 0.29) is 33.6 Å². The van der Waals surface area contributed by atoms with Gasteiger partial charge in [-0.3, -0.25) is 9.11 Å². The van der Waals surface area contributed by atoms with Crippen LogP contribution in [0.4, 0.5) is 0 Å². The van der Waals surface area contributed by atoms with E-state index in [4.69, 9.17) is 14.3 Å². The predicted molar refractivity (Wildman–Crippen MR) is 172 cm³/mol. The summed E-state index contributed by atoms with van der Waals surface area (Å²) in [6.07, 6.45) is 3.03. The molecule has 4 aromatic rings. The predicted octanol–water partition coefficient (Wildman–Crippen LogP) is 5.04. The Kier molecular flexibility index (Phi) is 6.86. The Labute approximate surface area is 267 Å². The van der Waals surface area contributed by atoms with E-state index in [0.29, 0.717) is 22.3 Å². The van der Waals surface area contributed by atoms with Gasteiger partial charge in [0.15, 0.2) is 9.49 Å². The summed E-state index contributed by atoms with van der Waals surface area (Å²) in [5, 5.41) is 7.45. The summed E-state index contributed by atoms with van der Waals surface area (Å²) in [5.41, 5.74) is 21.8. The number of nitrogens with two attached hydrogens (primary N) is 2. The lowest BCUT2D eigenvalue weighted by molar-refractivity contribution is 0.423. The fourth-order valence-electron chi connectivity index (χ4n) is 6.74. The molecule has 2 aliphatic carbocycles. The minimum absolute atomic E-state index is 0.0153. The van der Waals surface area contributed by atoms with Crippen molar-refractivity contribution in [1.29, 1.82) is 11.0 Å². The Bertz CT molecular complexity index is 2100. The van der Waals surface area contributed by atoms with Crippen LogP contribution in [0.2, 0.25) is 2.82 Å². The standard InChI is InChI=1S/C32H28N6O6S2/c33-29-27(37-35)17-21-5-1-3-7-25(21)31(29,45(39,40)41)23-13-9-19(10-14-23)20-11-15-24(16-12-20)32(46(42,43)44)26-8-4-2-6-22(26)18-28(38-36)30(32)34/h1-18,29-30,35-36H,33-34H2,(H,39,40,41)(H,42,43,44)/b37-35+,38-36+. The smallest absolute Gasteiger partial charge is 0.281 e. The number of fused-ring (bicyclic) bond motifs is 2. The molecular weight excluding hydrogens is 629 g/mol. The first-order chi connectivity index (χ1) is 22.8. The highest BCUT2D eigenvalue weighted by Gasteiger charge is 2.56. The Morgan fingerprint density at radius 3 is 1.28 bits per heavy atom. The fraction of sp³-hybridized carbons (Fsp3) is 0.125. The average Bonchev–Trinajstić information content (AvgIpc) is 3.05. The van der Waals surface area contributed by atoms with Crippen LogP contribution in [0.15, 0.2) is 119 Å². The van der Waals surface area contributed by atoms with Gasteiger partial charge in [-0.05, 0) is 56.7 Å². The number of hydrogen-bond acceptors (Lipinski definition) is 10. The maximum atomic E-state index is 13.3. The SMILES string of the molecule is [H]/N=N/C1=Cc2ccccc2C(c2ccc(-c3ccc(C4(S(=O)(=O)O)c5ccccc5C=C(/N=N/[H])C4N)cc3)cc2)(S(=O)(=O)O)C1N. The summed E-state index contributed by atoms with van der Waals surface area (Å²) in [5.74, 6) is 0. The van der Waals surface area contributed by atoms with Crippen LogP contribution in [0.25, 0.3) is 23.3 Å². The van der Waals surface area contributed by atoms with Gasteiger partial charge in [0.05, 0.1) is 23.5 Å². The zero-order valence-electron chi connectivity index (χ0n) is 25.8. The van der Waals surface area contributed by atoms with Crippen LogP contribution in [-0.4, -0.2) is 38.0 Å². The summed E-state index contributed by atoms with van der Waals surface area (Å²) in [7, 11) is -9.92. The third-order valence-corrected chi connectivity index (χ3v) is 11.9. The van der Waals surface area contributed by atoms with Crippen molar-refractivity contribution >= 4 is 32.4 Å². The molecule has 0 spiro atoms. The van der Waals surface area contributed by atoms with E-state index in [1.54, 1.807) is 72.8 Å². The lowest BCUT2D eigenvalue weighted by atomic mass is 9.76. The third-order valence-electron chi connectivity index (χ3n) is 8.85. The second-order valence-electron chi connectivity index (χ2n) is 11.0. The van der Waals surface area contributed by atoms with Crippen molar-refractivity contribution in [1.82, 2.24) is 0 Å². The molecule has 4 unspecified atom stereocenters. The van der Waals surface area contributed by atoms with Crippen molar-refractivity contribution in [2.24, 2.45) is 21.7 Å². The van der Waals surface area contributed by atoms with E-state index >= 15 is 0 Å². The first-order valence-electron chi connectivity index (χ1n) is 14.7. The highest BCUT2D eigenvalue weighted by Crippen LogP contribution is 2.49. The van der Waals surface area contributed by atoms with E-state index in [1.807, 2.05) is 0 Å². The molecule has 0 radical (unpaired) electrons. The second kappa shape index (κ2) is 11.0. The second-order valence-corrected chi connectivity index (χ2v) is 14.2. The van der Waals surface area contributed by atoms with Crippen molar-refractivity contribution in [3.63, 3.8) is 0 Å². The number of nitrogens with one attached hydrogen (secondary N) is 2. The minimum atomic E-state index is -4.96. The normalized spacial score (nSPS) is 25.3.